The molecule has 8 heteroatoms. The van der Waals surface area contributed by atoms with Crippen LogP contribution < -0.4 is 0 Å². The number of hydrogen-bond donors (Lipinski definition) is 2. The van der Waals surface area contributed by atoms with Gasteiger partial charge in [-0.3, -0.25) is 0 Å². The smallest absolute Gasteiger partial charge is 0.181 e. The molecular formula is C12H6Br2F2N2O2. The van der Waals surface area contributed by atoms with Crippen LogP contribution in [-0.4, -0.2) is 10.2 Å². The van der Waals surface area contributed by atoms with Crippen molar-refractivity contribution in [3.63, 3.8) is 0 Å². The van der Waals surface area contributed by atoms with Gasteiger partial charge in [-0.05, 0) is 56.1 Å². The van der Waals surface area contributed by atoms with Crippen LogP contribution in [0.4, 0.5) is 20.2 Å². The molecule has 0 atom stereocenters. The Morgan fingerprint density at radius 3 is 1.45 bits per heavy atom. The Morgan fingerprint density at radius 2 is 1.10 bits per heavy atom. The summed E-state index contributed by atoms with van der Waals surface area (Å²) in [4.78, 5) is 0. The van der Waals surface area contributed by atoms with Gasteiger partial charge in [0.1, 0.15) is 11.4 Å². The van der Waals surface area contributed by atoms with Gasteiger partial charge >= 0.3 is 0 Å². The van der Waals surface area contributed by atoms with Crippen LogP contribution in [0.25, 0.3) is 0 Å². The zero-order valence-corrected chi connectivity index (χ0v) is 12.8. The Labute approximate surface area is 129 Å². The van der Waals surface area contributed by atoms with Gasteiger partial charge in [0.15, 0.2) is 23.1 Å². The molecule has 104 valence electrons. The van der Waals surface area contributed by atoms with Gasteiger partial charge in [-0.1, -0.05) is 0 Å². The van der Waals surface area contributed by atoms with Crippen LogP contribution >= 0.6 is 31.9 Å². The Balaban J connectivity index is 2.40. The predicted molar refractivity (Wildman–Crippen MR) is 75.7 cm³/mol. The summed E-state index contributed by atoms with van der Waals surface area (Å²) >= 11 is 5.81. The first-order valence-corrected chi connectivity index (χ1v) is 6.76. The quantitative estimate of drug-likeness (QED) is 0.662. The maximum absolute atomic E-state index is 13.4. The minimum Gasteiger partial charge on any atom is -0.503 e. The number of benzene rings is 2. The fraction of sp³-hybridized carbons (Fsp3) is 0. The molecule has 0 spiro atoms. The number of phenolic OH excluding ortho intramolecular Hbond substituents is 2. The van der Waals surface area contributed by atoms with E-state index in [4.69, 9.17) is 0 Å². The molecule has 2 rings (SSSR count). The topological polar surface area (TPSA) is 65.2 Å². The van der Waals surface area contributed by atoms with Crippen LogP contribution in [0.3, 0.4) is 0 Å². The monoisotopic (exact) mass is 406 g/mol. The first-order chi connectivity index (χ1) is 9.41. The van der Waals surface area contributed by atoms with Crippen molar-refractivity contribution < 1.29 is 19.0 Å². The molecule has 0 radical (unpaired) electrons. The van der Waals surface area contributed by atoms with Gasteiger partial charge in [-0.25, -0.2) is 8.78 Å². The zero-order valence-electron chi connectivity index (χ0n) is 9.61. The third-order valence-corrected chi connectivity index (χ3v) is 3.59. The number of rotatable bonds is 2. The highest BCUT2D eigenvalue weighted by Gasteiger charge is 2.12. The molecule has 2 aromatic rings. The summed E-state index contributed by atoms with van der Waals surface area (Å²) in [6.45, 7) is 0. The van der Waals surface area contributed by atoms with Crippen LogP contribution in [0.1, 0.15) is 0 Å². The van der Waals surface area contributed by atoms with Crippen molar-refractivity contribution in [3.8, 4) is 11.5 Å². The summed E-state index contributed by atoms with van der Waals surface area (Å²) < 4.78 is 26.9. The van der Waals surface area contributed by atoms with Gasteiger partial charge in [-0.2, -0.15) is 0 Å². The van der Waals surface area contributed by atoms with Crippen molar-refractivity contribution in [3.05, 3.63) is 44.8 Å². The Kier molecular flexibility index (Phi) is 4.34. The van der Waals surface area contributed by atoms with Gasteiger partial charge in [0, 0.05) is 0 Å². The number of phenols is 2. The summed E-state index contributed by atoms with van der Waals surface area (Å²) in [5, 5.41) is 26.2. The number of hydrogen-bond acceptors (Lipinski definition) is 4. The van der Waals surface area contributed by atoms with Crippen molar-refractivity contribution in [1.82, 2.24) is 0 Å². The van der Waals surface area contributed by atoms with Crippen molar-refractivity contribution in [1.29, 1.82) is 0 Å². The summed E-state index contributed by atoms with van der Waals surface area (Å²) in [6, 6.07) is 5.31. The van der Waals surface area contributed by atoms with E-state index in [0.717, 1.165) is 0 Å². The predicted octanol–water partition coefficient (Wildman–Crippen LogP) is 5.32. The lowest BCUT2D eigenvalue weighted by Gasteiger charge is -2.02. The standard InChI is InChI=1S/C12H6Br2F2N2O2/c13-5-1-3-7(11(19)9(5)15)17-18-8-4-2-6(14)10(16)12(8)20/h1-4,19-20H. The Morgan fingerprint density at radius 1 is 0.750 bits per heavy atom. The number of halogens is 4. The lowest BCUT2D eigenvalue weighted by molar-refractivity contribution is 0.430. The molecule has 0 aliphatic heterocycles. The second kappa shape index (κ2) is 5.84. The third-order valence-electron chi connectivity index (χ3n) is 2.36. The van der Waals surface area contributed by atoms with Gasteiger partial charge in [-0.15, -0.1) is 10.2 Å². The van der Waals surface area contributed by atoms with E-state index in [0.29, 0.717) is 0 Å². The molecule has 0 saturated carbocycles. The van der Waals surface area contributed by atoms with E-state index in [1.165, 1.54) is 24.3 Å². The highest BCUT2D eigenvalue weighted by Crippen LogP contribution is 2.37. The second-order valence-electron chi connectivity index (χ2n) is 3.66. The number of azo groups is 1. The molecule has 0 unspecified atom stereocenters. The fourth-order valence-electron chi connectivity index (χ4n) is 1.33. The first-order valence-electron chi connectivity index (χ1n) is 5.17. The molecule has 20 heavy (non-hydrogen) atoms. The van der Waals surface area contributed by atoms with Crippen LogP contribution in [0.5, 0.6) is 11.5 Å². The zero-order chi connectivity index (χ0) is 14.9. The average Bonchev–Trinajstić information content (AvgIpc) is 2.43. The number of nitrogens with zero attached hydrogens (tertiary/aromatic N) is 2. The lowest BCUT2D eigenvalue weighted by Crippen LogP contribution is -1.80. The molecule has 0 heterocycles. The molecule has 4 nitrogen and oxygen atoms in total. The lowest BCUT2D eigenvalue weighted by atomic mass is 10.3. The Bertz CT molecular complexity index is 649. The van der Waals surface area contributed by atoms with E-state index in [-0.39, 0.29) is 20.3 Å². The van der Waals surface area contributed by atoms with E-state index in [1.54, 1.807) is 0 Å². The molecule has 0 aromatic heterocycles. The molecule has 0 aliphatic rings. The molecule has 0 aliphatic carbocycles. The van der Waals surface area contributed by atoms with E-state index >= 15 is 0 Å². The molecule has 0 saturated heterocycles. The summed E-state index contributed by atoms with van der Waals surface area (Å²) in [5.74, 6) is -3.15. The summed E-state index contributed by atoms with van der Waals surface area (Å²) in [7, 11) is 0. The maximum Gasteiger partial charge on any atom is 0.181 e. The minimum absolute atomic E-state index is 0.0754. The van der Waals surface area contributed by atoms with Crippen LogP contribution in [0, 0.1) is 11.6 Å². The molecule has 0 bridgehead atoms. The maximum atomic E-state index is 13.4. The van der Waals surface area contributed by atoms with Crippen molar-refractivity contribution >= 4 is 43.2 Å². The largest absolute Gasteiger partial charge is 0.503 e. The second-order valence-corrected chi connectivity index (χ2v) is 5.37. The van der Waals surface area contributed by atoms with E-state index in [2.05, 4.69) is 42.1 Å². The van der Waals surface area contributed by atoms with Gasteiger partial charge in [0.05, 0.1) is 8.95 Å². The summed E-state index contributed by atoms with van der Waals surface area (Å²) in [5.41, 5.74) is -0.290. The summed E-state index contributed by atoms with van der Waals surface area (Å²) in [6.07, 6.45) is 0. The third kappa shape index (κ3) is 2.80. The van der Waals surface area contributed by atoms with Crippen molar-refractivity contribution in [2.45, 2.75) is 0 Å². The van der Waals surface area contributed by atoms with E-state index < -0.39 is 23.1 Å². The molecule has 2 aromatic carbocycles. The normalized spacial score (nSPS) is 11.2. The SMILES string of the molecule is Oc1c(N=Nc2ccc(Br)c(F)c2O)ccc(Br)c1F. The highest BCUT2D eigenvalue weighted by molar-refractivity contribution is 9.10. The first kappa shape index (κ1) is 14.9. The van der Waals surface area contributed by atoms with Crippen LogP contribution in [0.2, 0.25) is 0 Å². The van der Waals surface area contributed by atoms with Crippen molar-refractivity contribution in [2.75, 3.05) is 0 Å². The van der Waals surface area contributed by atoms with Gasteiger partial charge in [0.2, 0.25) is 0 Å². The van der Waals surface area contributed by atoms with Crippen LogP contribution in [-0.2, 0) is 0 Å². The number of aromatic hydroxyl groups is 2. The van der Waals surface area contributed by atoms with Crippen molar-refractivity contribution in [2.24, 2.45) is 10.2 Å². The van der Waals surface area contributed by atoms with E-state index in [9.17, 15) is 19.0 Å². The minimum atomic E-state index is -0.882. The van der Waals surface area contributed by atoms with E-state index in [1.807, 2.05) is 0 Å². The average molecular weight is 408 g/mol. The highest BCUT2D eigenvalue weighted by atomic mass is 79.9. The molecule has 0 fully saturated rings. The molecule has 2 N–H and O–H groups in total. The van der Waals surface area contributed by atoms with Gasteiger partial charge < -0.3 is 10.2 Å². The fourth-order valence-corrected chi connectivity index (χ4v) is 1.97. The Hall–Kier alpha value is -1.54. The molecular weight excluding hydrogens is 402 g/mol. The van der Waals surface area contributed by atoms with Gasteiger partial charge in [0.25, 0.3) is 0 Å². The molecule has 0 amide bonds. The van der Waals surface area contributed by atoms with Crippen LogP contribution in [0.15, 0.2) is 43.4 Å².